The van der Waals surface area contributed by atoms with Crippen LogP contribution in [-0.2, 0) is 16.0 Å². The van der Waals surface area contributed by atoms with Gasteiger partial charge in [-0.1, -0.05) is 36.4 Å². The number of hydrogen-bond donors (Lipinski definition) is 3. The fourth-order valence-electron chi connectivity index (χ4n) is 3.56. The molecule has 1 fully saturated rings. The Morgan fingerprint density at radius 3 is 2.79 bits per heavy atom. The van der Waals surface area contributed by atoms with E-state index in [1.807, 2.05) is 48.0 Å². The predicted molar refractivity (Wildman–Crippen MR) is 109 cm³/mol. The van der Waals surface area contributed by atoms with Crippen molar-refractivity contribution in [1.29, 1.82) is 0 Å². The van der Waals surface area contributed by atoms with Crippen LogP contribution in [0.2, 0.25) is 0 Å². The summed E-state index contributed by atoms with van der Waals surface area (Å²) in [5.74, 6) is -1.26. The van der Waals surface area contributed by atoms with Gasteiger partial charge >= 0.3 is 5.97 Å². The number of nitrogens with zero attached hydrogens (tertiary/aromatic N) is 1. The van der Waals surface area contributed by atoms with Crippen LogP contribution in [0.5, 0.6) is 0 Å². The maximum absolute atomic E-state index is 12.2. The first-order valence-corrected chi connectivity index (χ1v) is 10.2. The zero-order chi connectivity index (χ0) is 19.5. The fraction of sp³-hybridized carbons (Fsp3) is 0.286. The Labute approximate surface area is 166 Å². The Bertz CT molecular complexity index is 994. The summed E-state index contributed by atoms with van der Waals surface area (Å²) >= 11 is 1.61. The number of carboxylic acid groups (broad SMARTS) is 1. The molecule has 0 radical (unpaired) electrons. The summed E-state index contributed by atoms with van der Waals surface area (Å²) in [5, 5.41) is 15.3. The van der Waals surface area contributed by atoms with Gasteiger partial charge in [0.1, 0.15) is 6.04 Å². The van der Waals surface area contributed by atoms with E-state index in [2.05, 4.69) is 15.6 Å². The second-order valence-corrected chi connectivity index (χ2v) is 7.84. The van der Waals surface area contributed by atoms with Crippen LogP contribution in [0, 0.1) is 0 Å². The van der Waals surface area contributed by atoms with Gasteiger partial charge in [-0.05, 0) is 36.6 Å². The van der Waals surface area contributed by atoms with Crippen LogP contribution in [0.3, 0.4) is 0 Å². The first-order valence-electron chi connectivity index (χ1n) is 9.30. The number of thiazole rings is 1. The quantitative estimate of drug-likeness (QED) is 0.597. The lowest BCUT2D eigenvalue weighted by Gasteiger charge is -2.18. The second-order valence-electron chi connectivity index (χ2n) is 6.95. The van der Waals surface area contributed by atoms with Gasteiger partial charge in [0.15, 0.2) is 0 Å². The molecule has 1 aliphatic heterocycles. The number of aromatic nitrogens is 1. The number of hydrogen-bond acceptors (Lipinski definition) is 5. The molecule has 7 heteroatoms. The number of nitrogens with one attached hydrogen (secondary N) is 2. The average Bonchev–Trinajstić information content (AvgIpc) is 3.39. The fourth-order valence-corrected chi connectivity index (χ4v) is 4.26. The molecule has 1 aliphatic rings. The van der Waals surface area contributed by atoms with Crippen molar-refractivity contribution < 1.29 is 14.7 Å². The van der Waals surface area contributed by atoms with Gasteiger partial charge in [0.2, 0.25) is 5.91 Å². The molecule has 0 unspecified atom stereocenters. The lowest BCUT2D eigenvalue weighted by atomic mass is 10.00. The molecule has 4 rings (SSSR count). The van der Waals surface area contributed by atoms with Crippen molar-refractivity contribution in [2.24, 2.45) is 0 Å². The van der Waals surface area contributed by atoms with E-state index >= 15 is 0 Å². The van der Waals surface area contributed by atoms with E-state index in [0.29, 0.717) is 0 Å². The minimum atomic E-state index is -1.03. The monoisotopic (exact) mass is 395 g/mol. The highest BCUT2D eigenvalue weighted by Crippen LogP contribution is 2.29. The predicted octanol–water partition coefficient (Wildman–Crippen LogP) is 2.83. The molecule has 0 saturated carbocycles. The smallest absolute Gasteiger partial charge is 0.326 e. The molecule has 1 saturated heterocycles. The summed E-state index contributed by atoms with van der Waals surface area (Å²) in [6.45, 7) is 0.795. The summed E-state index contributed by atoms with van der Waals surface area (Å²) in [6.07, 6.45) is 1.92. The molecule has 2 heterocycles. The first-order chi connectivity index (χ1) is 13.6. The van der Waals surface area contributed by atoms with Crippen molar-refractivity contribution in [3.05, 3.63) is 53.5 Å². The number of fused-ring (bicyclic) bond motifs is 1. The summed E-state index contributed by atoms with van der Waals surface area (Å²) in [7, 11) is 0. The van der Waals surface area contributed by atoms with Crippen LogP contribution in [0.1, 0.15) is 18.4 Å². The Hall–Kier alpha value is -2.77. The zero-order valence-corrected chi connectivity index (χ0v) is 16.0. The Morgan fingerprint density at radius 2 is 2.07 bits per heavy atom. The van der Waals surface area contributed by atoms with Crippen molar-refractivity contribution in [1.82, 2.24) is 15.6 Å². The third-order valence-corrected chi connectivity index (χ3v) is 5.85. The minimum Gasteiger partial charge on any atom is -0.480 e. The number of para-hydroxylation sites is 1. The van der Waals surface area contributed by atoms with Gasteiger partial charge in [0.25, 0.3) is 0 Å². The van der Waals surface area contributed by atoms with E-state index in [1.165, 1.54) is 0 Å². The number of carbonyl (C=O) groups is 2. The number of aliphatic carboxylic acids is 1. The Balaban J connectivity index is 1.48. The molecule has 144 valence electrons. The summed E-state index contributed by atoms with van der Waals surface area (Å²) in [5.41, 5.74) is 5.76. The number of rotatable bonds is 6. The lowest BCUT2D eigenvalue weighted by Crippen LogP contribution is -2.49. The molecule has 1 amide bonds. The SMILES string of the molecule is O=C(O)[C@H](Cc1ccc(-c2cccc3scnc23)cc1)NC(=O)[C@@H]1CCCN1. The highest BCUT2D eigenvalue weighted by atomic mass is 32.1. The third kappa shape index (κ3) is 3.90. The Morgan fingerprint density at radius 1 is 1.25 bits per heavy atom. The molecule has 3 aromatic rings. The van der Waals surface area contributed by atoms with Crippen molar-refractivity contribution in [3.63, 3.8) is 0 Å². The highest BCUT2D eigenvalue weighted by molar-refractivity contribution is 7.16. The molecule has 1 aromatic heterocycles. The minimum absolute atomic E-state index is 0.239. The molecule has 0 bridgehead atoms. The molecule has 6 nitrogen and oxygen atoms in total. The van der Waals surface area contributed by atoms with Gasteiger partial charge < -0.3 is 15.7 Å². The van der Waals surface area contributed by atoms with Crippen molar-refractivity contribution >= 4 is 33.4 Å². The van der Waals surface area contributed by atoms with E-state index in [0.717, 1.165) is 46.3 Å². The van der Waals surface area contributed by atoms with Gasteiger partial charge in [-0.25, -0.2) is 9.78 Å². The lowest BCUT2D eigenvalue weighted by molar-refractivity contribution is -0.142. The maximum Gasteiger partial charge on any atom is 0.326 e. The van der Waals surface area contributed by atoms with Gasteiger partial charge in [0.05, 0.1) is 21.8 Å². The third-order valence-electron chi connectivity index (χ3n) is 5.06. The van der Waals surface area contributed by atoms with Crippen molar-refractivity contribution in [2.45, 2.75) is 31.3 Å². The van der Waals surface area contributed by atoms with E-state index in [4.69, 9.17) is 0 Å². The highest BCUT2D eigenvalue weighted by Gasteiger charge is 2.27. The van der Waals surface area contributed by atoms with Gasteiger partial charge in [-0.2, -0.15) is 0 Å². The first kappa shape index (κ1) is 18.6. The van der Waals surface area contributed by atoms with Crippen molar-refractivity contribution in [2.75, 3.05) is 6.54 Å². The zero-order valence-electron chi connectivity index (χ0n) is 15.2. The average molecular weight is 395 g/mol. The normalized spacial score (nSPS) is 17.5. The second kappa shape index (κ2) is 8.08. The number of benzene rings is 2. The summed E-state index contributed by atoms with van der Waals surface area (Å²) < 4.78 is 1.13. The molecule has 3 N–H and O–H groups in total. The van der Waals surface area contributed by atoms with Gasteiger partial charge in [0, 0.05) is 12.0 Å². The molecule has 0 aliphatic carbocycles. The number of amides is 1. The molecular weight excluding hydrogens is 374 g/mol. The number of carboxylic acids is 1. The van der Waals surface area contributed by atoms with E-state index in [-0.39, 0.29) is 18.4 Å². The molecule has 28 heavy (non-hydrogen) atoms. The summed E-state index contributed by atoms with van der Waals surface area (Å²) in [6, 6.07) is 12.6. The van der Waals surface area contributed by atoms with Crippen LogP contribution in [0.15, 0.2) is 48.0 Å². The van der Waals surface area contributed by atoms with Gasteiger partial charge in [-0.15, -0.1) is 11.3 Å². The van der Waals surface area contributed by atoms with Crippen LogP contribution in [-0.4, -0.2) is 40.6 Å². The van der Waals surface area contributed by atoms with Crippen LogP contribution < -0.4 is 10.6 Å². The van der Waals surface area contributed by atoms with Crippen LogP contribution in [0.4, 0.5) is 0 Å². The molecular formula is C21H21N3O3S. The molecule has 2 aromatic carbocycles. The van der Waals surface area contributed by atoms with Crippen molar-refractivity contribution in [3.8, 4) is 11.1 Å². The Kier molecular flexibility index (Phi) is 5.36. The summed E-state index contributed by atoms with van der Waals surface area (Å²) in [4.78, 5) is 28.3. The standard InChI is InChI=1S/C21H21N3O3S/c25-20(16-4-2-10-22-16)24-17(21(26)27)11-13-6-8-14(9-7-13)15-3-1-5-18-19(15)23-12-28-18/h1,3,5-9,12,16-17,22H,2,4,10-11H2,(H,24,25)(H,26,27)/t16-,17-/m0/s1. The van der Waals surface area contributed by atoms with E-state index < -0.39 is 12.0 Å². The maximum atomic E-state index is 12.2. The van der Waals surface area contributed by atoms with Gasteiger partial charge in [-0.3, -0.25) is 4.79 Å². The molecule has 0 spiro atoms. The van der Waals surface area contributed by atoms with Crippen LogP contribution in [0.25, 0.3) is 21.3 Å². The molecule has 2 atom stereocenters. The number of carbonyl (C=O) groups excluding carboxylic acids is 1. The van der Waals surface area contributed by atoms with E-state index in [9.17, 15) is 14.7 Å². The van der Waals surface area contributed by atoms with Crippen LogP contribution >= 0.6 is 11.3 Å². The van der Waals surface area contributed by atoms with E-state index in [1.54, 1.807) is 11.3 Å². The largest absolute Gasteiger partial charge is 0.480 e. The topological polar surface area (TPSA) is 91.3 Å².